The van der Waals surface area contributed by atoms with Gasteiger partial charge in [0.25, 0.3) is 0 Å². The molecule has 0 radical (unpaired) electrons. The molecule has 0 spiro atoms. The highest BCUT2D eigenvalue weighted by molar-refractivity contribution is 5.90. The van der Waals surface area contributed by atoms with Crippen molar-refractivity contribution in [2.75, 3.05) is 25.1 Å². The molecular formula is C19H25N3O3. The van der Waals surface area contributed by atoms with Crippen LogP contribution in [-0.2, 0) is 11.3 Å². The highest BCUT2D eigenvalue weighted by Crippen LogP contribution is 2.23. The van der Waals surface area contributed by atoms with E-state index in [4.69, 9.17) is 9.47 Å². The van der Waals surface area contributed by atoms with Gasteiger partial charge in [0, 0.05) is 25.0 Å². The molecule has 0 aliphatic carbocycles. The lowest BCUT2D eigenvalue weighted by Gasteiger charge is -2.13. The zero-order chi connectivity index (χ0) is 18.1. The Labute approximate surface area is 148 Å². The number of carbonyl (C=O) groups is 1. The van der Waals surface area contributed by atoms with Crippen molar-refractivity contribution in [1.29, 1.82) is 0 Å². The molecule has 2 aromatic rings. The van der Waals surface area contributed by atoms with Gasteiger partial charge in [-0.15, -0.1) is 0 Å². The van der Waals surface area contributed by atoms with Crippen LogP contribution in [0.15, 0.2) is 36.5 Å². The minimum atomic E-state index is -0.291. The van der Waals surface area contributed by atoms with Crippen LogP contribution < -0.4 is 15.4 Å². The molecule has 0 bridgehead atoms. The number of hydrogen-bond acceptors (Lipinski definition) is 4. The number of pyridine rings is 1. The van der Waals surface area contributed by atoms with Crippen LogP contribution >= 0.6 is 0 Å². The van der Waals surface area contributed by atoms with Crippen molar-refractivity contribution in [3.05, 3.63) is 53.3 Å². The van der Waals surface area contributed by atoms with Crippen LogP contribution in [0.5, 0.6) is 5.75 Å². The number of urea groups is 1. The van der Waals surface area contributed by atoms with Crippen LogP contribution in [-0.4, -0.2) is 30.8 Å². The number of hydrogen-bond donors (Lipinski definition) is 2. The monoisotopic (exact) mass is 343 g/mol. The molecule has 6 heteroatoms. The number of aromatic nitrogens is 1. The molecular weight excluding hydrogens is 318 g/mol. The van der Waals surface area contributed by atoms with E-state index in [2.05, 4.69) is 15.6 Å². The molecule has 0 fully saturated rings. The molecule has 2 rings (SSSR count). The van der Waals surface area contributed by atoms with E-state index >= 15 is 0 Å². The Bertz CT molecular complexity index is 704. The number of anilines is 1. The molecule has 2 amide bonds. The predicted molar refractivity (Wildman–Crippen MR) is 98.0 cm³/mol. The van der Waals surface area contributed by atoms with E-state index in [0.29, 0.717) is 37.8 Å². The molecule has 2 N–H and O–H groups in total. The van der Waals surface area contributed by atoms with Gasteiger partial charge in [-0.1, -0.05) is 12.1 Å². The van der Waals surface area contributed by atoms with Crippen LogP contribution in [0.4, 0.5) is 10.5 Å². The average molecular weight is 343 g/mol. The second kappa shape index (κ2) is 9.64. The zero-order valence-corrected chi connectivity index (χ0v) is 15.0. The van der Waals surface area contributed by atoms with Crippen molar-refractivity contribution >= 4 is 11.7 Å². The first-order valence-electron chi connectivity index (χ1n) is 8.36. The summed E-state index contributed by atoms with van der Waals surface area (Å²) in [5.41, 5.74) is 3.67. The largest absolute Gasteiger partial charge is 0.489 e. The topological polar surface area (TPSA) is 72.5 Å². The van der Waals surface area contributed by atoms with Gasteiger partial charge in [0.2, 0.25) is 0 Å². The SMILES string of the molecule is CCOCCOc1ccccc1NC(=O)NCc1cnc(C)cc1C. The van der Waals surface area contributed by atoms with Crippen molar-refractivity contribution in [3.8, 4) is 5.75 Å². The maximum atomic E-state index is 12.2. The molecule has 134 valence electrons. The number of nitrogens with zero attached hydrogens (tertiary/aromatic N) is 1. The first-order chi connectivity index (χ1) is 12.1. The van der Waals surface area contributed by atoms with Crippen LogP contribution in [0.25, 0.3) is 0 Å². The number of carbonyl (C=O) groups excluding carboxylic acids is 1. The molecule has 6 nitrogen and oxygen atoms in total. The lowest BCUT2D eigenvalue weighted by atomic mass is 10.1. The van der Waals surface area contributed by atoms with Gasteiger partial charge in [0.05, 0.1) is 12.3 Å². The third kappa shape index (κ3) is 6.08. The van der Waals surface area contributed by atoms with Gasteiger partial charge in [-0.3, -0.25) is 4.98 Å². The van der Waals surface area contributed by atoms with Crippen LogP contribution in [0.1, 0.15) is 23.7 Å². The molecule has 0 aliphatic rings. The fraction of sp³-hybridized carbons (Fsp3) is 0.368. The highest BCUT2D eigenvalue weighted by atomic mass is 16.5. The molecule has 0 saturated carbocycles. The molecule has 1 aromatic carbocycles. The normalized spacial score (nSPS) is 10.4. The molecule has 25 heavy (non-hydrogen) atoms. The van der Waals surface area contributed by atoms with Crippen LogP contribution in [0.2, 0.25) is 0 Å². The van der Waals surface area contributed by atoms with Crippen molar-refractivity contribution in [2.24, 2.45) is 0 Å². The fourth-order valence-corrected chi connectivity index (χ4v) is 2.30. The summed E-state index contributed by atoms with van der Waals surface area (Å²) in [6.45, 7) is 7.89. The number of benzene rings is 1. The fourth-order valence-electron chi connectivity index (χ4n) is 2.30. The molecule has 1 heterocycles. The van der Waals surface area contributed by atoms with Gasteiger partial charge in [-0.05, 0) is 50.1 Å². The van der Waals surface area contributed by atoms with E-state index in [0.717, 1.165) is 16.8 Å². The number of rotatable bonds is 8. The summed E-state index contributed by atoms with van der Waals surface area (Å²) in [5, 5.41) is 5.66. The number of amides is 2. The van der Waals surface area contributed by atoms with Gasteiger partial charge in [0.15, 0.2) is 0 Å². The Balaban J connectivity index is 1.89. The van der Waals surface area contributed by atoms with E-state index in [1.807, 2.05) is 45.0 Å². The summed E-state index contributed by atoms with van der Waals surface area (Å²) in [4.78, 5) is 16.4. The summed E-state index contributed by atoms with van der Waals surface area (Å²) in [5.74, 6) is 0.616. The Kier molecular flexibility index (Phi) is 7.22. The summed E-state index contributed by atoms with van der Waals surface area (Å²) in [6.07, 6.45) is 1.79. The minimum Gasteiger partial charge on any atom is -0.489 e. The van der Waals surface area contributed by atoms with E-state index in [-0.39, 0.29) is 6.03 Å². The van der Waals surface area contributed by atoms with Crippen molar-refractivity contribution in [3.63, 3.8) is 0 Å². The summed E-state index contributed by atoms with van der Waals surface area (Å²) in [7, 11) is 0. The van der Waals surface area contributed by atoms with Crippen molar-refractivity contribution in [2.45, 2.75) is 27.3 Å². The number of nitrogens with one attached hydrogen (secondary N) is 2. The van der Waals surface area contributed by atoms with E-state index in [1.54, 1.807) is 12.3 Å². The van der Waals surface area contributed by atoms with E-state index in [9.17, 15) is 4.79 Å². The zero-order valence-electron chi connectivity index (χ0n) is 15.0. The standard InChI is InChI=1S/C19H25N3O3/c1-4-24-9-10-25-18-8-6-5-7-17(18)22-19(23)21-13-16-12-20-15(3)11-14(16)2/h5-8,11-12H,4,9-10,13H2,1-3H3,(H2,21,22,23). The Morgan fingerprint density at radius 2 is 2.00 bits per heavy atom. The van der Waals surface area contributed by atoms with Crippen molar-refractivity contribution < 1.29 is 14.3 Å². The number of aryl methyl sites for hydroxylation is 2. The van der Waals surface area contributed by atoms with E-state index in [1.165, 1.54) is 0 Å². The Hall–Kier alpha value is -2.60. The second-order valence-corrected chi connectivity index (χ2v) is 5.60. The molecule has 0 unspecified atom stereocenters. The van der Waals surface area contributed by atoms with Crippen molar-refractivity contribution in [1.82, 2.24) is 10.3 Å². The summed E-state index contributed by atoms with van der Waals surface area (Å²) >= 11 is 0. The third-order valence-corrected chi connectivity index (χ3v) is 3.62. The maximum absolute atomic E-state index is 12.2. The summed E-state index contributed by atoms with van der Waals surface area (Å²) in [6, 6.07) is 9.03. The Morgan fingerprint density at radius 3 is 2.76 bits per heavy atom. The predicted octanol–water partition coefficient (Wildman–Crippen LogP) is 3.44. The molecule has 0 saturated heterocycles. The quantitative estimate of drug-likeness (QED) is 0.720. The van der Waals surface area contributed by atoms with E-state index < -0.39 is 0 Å². The smallest absolute Gasteiger partial charge is 0.319 e. The average Bonchev–Trinajstić information content (AvgIpc) is 2.59. The lowest BCUT2D eigenvalue weighted by molar-refractivity contribution is 0.110. The number of ether oxygens (including phenoxy) is 2. The Morgan fingerprint density at radius 1 is 1.20 bits per heavy atom. The summed E-state index contributed by atoms with van der Waals surface area (Å²) < 4.78 is 10.9. The first kappa shape index (κ1) is 18.7. The third-order valence-electron chi connectivity index (χ3n) is 3.62. The van der Waals surface area contributed by atoms with Crippen LogP contribution in [0, 0.1) is 13.8 Å². The lowest BCUT2D eigenvalue weighted by Crippen LogP contribution is -2.28. The highest BCUT2D eigenvalue weighted by Gasteiger charge is 2.08. The maximum Gasteiger partial charge on any atom is 0.319 e. The minimum absolute atomic E-state index is 0.291. The van der Waals surface area contributed by atoms with Gasteiger partial charge in [-0.2, -0.15) is 0 Å². The van der Waals surface area contributed by atoms with Gasteiger partial charge in [-0.25, -0.2) is 4.79 Å². The van der Waals surface area contributed by atoms with Gasteiger partial charge < -0.3 is 20.1 Å². The van der Waals surface area contributed by atoms with Crippen LogP contribution in [0.3, 0.4) is 0 Å². The molecule has 1 aromatic heterocycles. The number of para-hydroxylation sites is 2. The van der Waals surface area contributed by atoms with Gasteiger partial charge in [0.1, 0.15) is 12.4 Å². The molecule has 0 aliphatic heterocycles. The second-order valence-electron chi connectivity index (χ2n) is 5.60. The van der Waals surface area contributed by atoms with Gasteiger partial charge >= 0.3 is 6.03 Å². The first-order valence-corrected chi connectivity index (χ1v) is 8.36. The molecule has 0 atom stereocenters.